The maximum absolute atomic E-state index is 4.69. The molecule has 0 aliphatic heterocycles. The third-order valence-electron chi connectivity index (χ3n) is 3.49. The summed E-state index contributed by atoms with van der Waals surface area (Å²) in [5.41, 5.74) is 5.50. The monoisotopic (exact) mass is 266 g/mol. The molecule has 4 nitrogen and oxygen atoms in total. The van der Waals surface area contributed by atoms with Crippen LogP contribution in [0.5, 0.6) is 0 Å². The molecule has 0 atom stereocenters. The van der Waals surface area contributed by atoms with Crippen LogP contribution >= 0.6 is 0 Å². The average Bonchev–Trinajstić information content (AvgIpc) is 2.82. The number of aryl methyl sites for hydroxylation is 2. The van der Waals surface area contributed by atoms with E-state index in [4.69, 9.17) is 0 Å². The molecule has 2 heterocycles. The van der Waals surface area contributed by atoms with Crippen LogP contribution in [-0.4, -0.2) is 22.0 Å². The number of fused-ring (bicyclic) bond motifs is 1. The number of benzene rings is 1. The van der Waals surface area contributed by atoms with Crippen molar-refractivity contribution in [2.24, 2.45) is 0 Å². The van der Waals surface area contributed by atoms with Crippen LogP contribution in [0, 0.1) is 13.8 Å². The second-order valence-corrected chi connectivity index (χ2v) is 5.00. The number of H-pyrrole nitrogens is 1. The molecule has 0 spiro atoms. The molecule has 0 saturated heterocycles. The Morgan fingerprint density at radius 3 is 2.70 bits per heavy atom. The van der Waals surface area contributed by atoms with Gasteiger partial charge in [0.25, 0.3) is 0 Å². The number of aromatic amines is 1. The van der Waals surface area contributed by atoms with Gasteiger partial charge in [-0.25, -0.2) is 9.97 Å². The quantitative estimate of drug-likeness (QED) is 0.766. The Bertz CT molecular complexity index is 758. The highest BCUT2D eigenvalue weighted by atomic mass is 15.0. The van der Waals surface area contributed by atoms with Crippen LogP contribution in [0.15, 0.2) is 30.5 Å². The fourth-order valence-corrected chi connectivity index (χ4v) is 2.57. The summed E-state index contributed by atoms with van der Waals surface area (Å²) in [6, 6.07) is 8.33. The smallest absolute Gasteiger partial charge is 0.141 e. The van der Waals surface area contributed by atoms with Gasteiger partial charge < -0.3 is 10.3 Å². The molecule has 0 saturated carbocycles. The summed E-state index contributed by atoms with van der Waals surface area (Å²) in [6.45, 7) is 4.84. The second-order valence-electron chi connectivity index (χ2n) is 5.00. The molecule has 0 amide bonds. The van der Waals surface area contributed by atoms with Gasteiger partial charge >= 0.3 is 0 Å². The molecule has 0 radical (unpaired) electrons. The summed E-state index contributed by atoms with van der Waals surface area (Å²) in [7, 11) is 1.95. The van der Waals surface area contributed by atoms with E-state index in [0.717, 1.165) is 29.1 Å². The van der Waals surface area contributed by atoms with Crippen molar-refractivity contribution in [1.29, 1.82) is 0 Å². The average molecular weight is 266 g/mol. The molecule has 20 heavy (non-hydrogen) atoms. The first-order chi connectivity index (χ1) is 9.70. The first-order valence-corrected chi connectivity index (χ1v) is 6.76. The minimum atomic E-state index is 0.786. The lowest BCUT2D eigenvalue weighted by molar-refractivity contribution is 0.823. The summed E-state index contributed by atoms with van der Waals surface area (Å²) in [6.07, 6.45) is 2.01. The molecule has 0 aliphatic rings. The molecular formula is C16H18N4. The molecule has 0 bridgehead atoms. The van der Waals surface area contributed by atoms with Crippen molar-refractivity contribution >= 4 is 11.0 Å². The second kappa shape index (κ2) is 5.06. The minimum absolute atomic E-state index is 0.786. The number of aromatic nitrogens is 3. The Kier molecular flexibility index (Phi) is 3.24. The highest BCUT2D eigenvalue weighted by Gasteiger charge is 2.14. The van der Waals surface area contributed by atoms with Crippen molar-refractivity contribution in [3.05, 3.63) is 47.4 Å². The predicted molar refractivity (Wildman–Crippen MR) is 81.6 cm³/mol. The lowest BCUT2D eigenvalue weighted by Crippen LogP contribution is -2.05. The van der Waals surface area contributed by atoms with Gasteiger partial charge in [-0.2, -0.15) is 0 Å². The first kappa shape index (κ1) is 12.8. The normalized spacial score (nSPS) is 11.2. The zero-order chi connectivity index (χ0) is 14.1. The van der Waals surface area contributed by atoms with E-state index in [1.165, 1.54) is 16.7 Å². The van der Waals surface area contributed by atoms with Gasteiger partial charge in [-0.15, -0.1) is 0 Å². The van der Waals surface area contributed by atoms with Gasteiger partial charge in [-0.3, -0.25) is 0 Å². The Morgan fingerprint density at radius 1 is 1.15 bits per heavy atom. The van der Waals surface area contributed by atoms with Crippen LogP contribution in [0.25, 0.3) is 22.3 Å². The highest BCUT2D eigenvalue weighted by Crippen LogP contribution is 2.30. The molecule has 0 aliphatic carbocycles. The van der Waals surface area contributed by atoms with E-state index >= 15 is 0 Å². The molecule has 2 aromatic heterocycles. The van der Waals surface area contributed by atoms with Gasteiger partial charge in [0.1, 0.15) is 11.5 Å². The molecule has 2 N–H and O–H groups in total. The maximum atomic E-state index is 4.69. The Hall–Kier alpha value is -2.20. The van der Waals surface area contributed by atoms with E-state index < -0.39 is 0 Å². The number of nitrogens with one attached hydrogen (secondary N) is 2. The van der Waals surface area contributed by atoms with Crippen molar-refractivity contribution in [3.63, 3.8) is 0 Å². The van der Waals surface area contributed by atoms with Crippen LogP contribution in [0.2, 0.25) is 0 Å². The van der Waals surface area contributed by atoms with E-state index in [1.807, 2.05) is 20.2 Å². The van der Waals surface area contributed by atoms with E-state index in [9.17, 15) is 0 Å². The molecule has 4 heteroatoms. The third-order valence-corrected chi connectivity index (χ3v) is 3.49. The van der Waals surface area contributed by atoms with E-state index in [1.54, 1.807) is 0 Å². The van der Waals surface area contributed by atoms with Crippen LogP contribution in [0.1, 0.15) is 17.0 Å². The minimum Gasteiger partial charge on any atom is -0.346 e. The van der Waals surface area contributed by atoms with Crippen LogP contribution in [0.3, 0.4) is 0 Å². The van der Waals surface area contributed by atoms with Gasteiger partial charge in [-0.05, 0) is 32.0 Å². The summed E-state index contributed by atoms with van der Waals surface area (Å²) >= 11 is 0. The SMILES string of the molecule is CNCc1c[nH]c2nc(C)nc(-c3ccccc3C)c12. The van der Waals surface area contributed by atoms with E-state index in [-0.39, 0.29) is 0 Å². The zero-order valence-corrected chi connectivity index (χ0v) is 12.0. The van der Waals surface area contributed by atoms with Crippen molar-refractivity contribution in [1.82, 2.24) is 20.3 Å². The largest absolute Gasteiger partial charge is 0.346 e. The molecular weight excluding hydrogens is 248 g/mol. The molecule has 0 fully saturated rings. The van der Waals surface area contributed by atoms with Gasteiger partial charge in [-0.1, -0.05) is 24.3 Å². The van der Waals surface area contributed by atoms with Crippen molar-refractivity contribution in [2.45, 2.75) is 20.4 Å². The molecule has 3 aromatic rings. The standard InChI is InChI=1S/C16H18N4/c1-10-6-4-5-7-13(10)15-14-12(8-17-3)9-18-16(14)20-11(2)19-15/h4-7,9,17H,8H2,1-3H3,(H,18,19,20). The Balaban J connectivity index is 2.33. The Morgan fingerprint density at radius 2 is 1.95 bits per heavy atom. The van der Waals surface area contributed by atoms with E-state index in [2.05, 4.69) is 51.5 Å². The summed E-state index contributed by atoms with van der Waals surface area (Å²) in [5, 5.41) is 4.31. The number of hydrogen-bond acceptors (Lipinski definition) is 3. The van der Waals surface area contributed by atoms with Crippen LogP contribution in [0.4, 0.5) is 0 Å². The number of rotatable bonds is 3. The van der Waals surface area contributed by atoms with Crippen molar-refractivity contribution in [3.8, 4) is 11.3 Å². The fraction of sp³-hybridized carbons (Fsp3) is 0.250. The number of nitrogens with zero attached hydrogens (tertiary/aromatic N) is 2. The fourth-order valence-electron chi connectivity index (χ4n) is 2.57. The Labute approximate surface area is 118 Å². The molecule has 0 unspecified atom stereocenters. The molecule has 1 aromatic carbocycles. The number of hydrogen-bond donors (Lipinski definition) is 2. The summed E-state index contributed by atoms with van der Waals surface area (Å²) in [5.74, 6) is 0.786. The van der Waals surface area contributed by atoms with Crippen molar-refractivity contribution < 1.29 is 0 Å². The first-order valence-electron chi connectivity index (χ1n) is 6.76. The van der Waals surface area contributed by atoms with Crippen LogP contribution in [-0.2, 0) is 6.54 Å². The van der Waals surface area contributed by atoms with Gasteiger partial charge in [0.15, 0.2) is 0 Å². The van der Waals surface area contributed by atoms with Crippen LogP contribution < -0.4 is 5.32 Å². The topological polar surface area (TPSA) is 53.6 Å². The third kappa shape index (κ3) is 2.08. The van der Waals surface area contributed by atoms with Gasteiger partial charge in [0.05, 0.1) is 5.69 Å². The van der Waals surface area contributed by atoms with Gasteiger partial charge in [0, 0.05) is 23.7 Å². The lowest BCUT2D eigenvalue weighted by atomic mass is 10.0. The zero-order valence-electron chi connectivity index (χ0n) is 12.0. The predicted octanol–water partition coefficient (Wildman–Crippen LogP) is 2.96. The maximum Gasteiger partial charge on any atom is 0.141 e. The summed E-state index contributed by atoms with van der Waals surface area (Å²) in [4.78, 5) is 12.4. The van der Waals surface area contributed by atoms with Crippen molar-refractivity contribution in [2.75, 3.05) is 7.05 Å². The van der Waals surface area contributed by atoms with E-state index in [0.29, 0.717) is 0 Å². The molecule has 3 rings (SSSR count). The molecule has 102 valence electrons. The lowest BCUT2D eigenvalue weighted by Gasteiger charge is -2.09. The van der Waals surface area contributed by atoms with Gasteiger partial charge in [0.2, 0.25) is 0 Å². The summed E-state index contributed by atoms with van der Waals surface area (Å²) < 4.78 is 0. The highest BCUT2D eigenvalue weighted by molar-refractivity contribution is 5.94.